The Balaban J connectivity index is 2.13. The summed E-state index contributed by atoms with van der Waals surface area (Å²) < 4.78 is 5.49. The number of aromatic nitrogens is 2. The van der Waals surface area contributed by atoms with E-state index in [1.807, 2.05) is 19.2 Å². The van der Waals surface area contributed by atoms with Crippen LogP contribution in [0.4, 0.5) is 0 Å². The maximum Gasteiger partial charge on any atom is 0.125 e. The maximum absolute atomic E-state index is 5.49. The van der Waals surface area contributed by atoms with Crippen molar-refractivity contribution < 1.29 is 4.74 Å². The summed E-state index contributed by atoms with van der Waals surface area (Å²) in [4.78, 5) is 8.70. The van der Waals surface area contributed by atoms with Crippen molar-refractivity contribution in [2.75, 3.05) is 19.8 Å². The van der Waals surface area contributed by atoms with Gasteiger partial charge in [0.05, 0.1) is 18.3 Å². The van der Waals surface area contributed by atoms with Gasteiger partial charge in [-0.3, -0.25) is 0 Å². The first-order valence-electron chi connectivity index (χ1n) is 6.42. The van der Waals surface area contributed by atoms with Crippen LogP contribution in [-0.4, -0.2) is 29.7 Å². The first kappa shape index (κ1) is 12.5. The monoisotopic (exact) mass is 235 g/mol. The lowest BCUT2D eigenvalue weighted by molar-refractivity contribution is 0.176. The Morgan fingerprint density at radius 2 is 2.47 bits per heavy atom. The normalized spacial score (nSPS) is 21.6. The van der Waals surface area contributed by atoms with E-state index in [4.69, 9.17) is 4.74 Å². The molecule has 1 aliphatic heterocycles. The average molecular weight is 235 g/mol. The van der Waals surface area contributed by atoms with E-state index in [0.29, 0.717) is 12.0 Å². The van der Waals surface area contributed by atoms with Crippen LogP contribution in [-0.2, 0) is 4.74 Å². The van der Waals surface area contributed by atoms with Crippen LogP contribution < -0.4 is 5.32 Å². The lowest BCUT2D eigenvalue weighted by Gasteiger charge is -2.23. The lowest BCUT2D eigenvalue weighted by atomic mass is 9.96. The Bertz CT molecular complexity index is 350. The molecular weight excluding hydrogens is 214 g/mol. The van der Waals surface area contributed by atoms with Gasteiger partial charge in [0.15, 0.2) is 0 Å². The second-order valence-corrected chi connectivity index (χ2v) is 4.58. The van der Waals surface area contributed by atoms with Crippen molar-refractivity contribution in [1.82, 2.24) is 15.3 Å². The third kappa shape index (κ3) is 3.23. The summed E-state index contributed by atoms with van der Waals surface area (Å²) in [6.07, 6.45) is 4.09. The molecule has 2 atom stereocenters. The third-order valence-electron chi connectivity index (χ3n) is 3.17. The quantitative estimate of drug-likeness (QED) is 0.846. The highest BCUT2D eigenvalue weighted by atomic mass is 16.5. The SMILES string of the molecule is CCCNC(c1ccnc(C)n1)C1CCOC1. The minimum atomic E-state index is 0.305. The van der Waals surface area contributed by atoms with Crippen molar-refractivity contribution in [3.05, 3.63) is 23.8 Å². The van der Waals surface area contributed by atoms with Crippen molar-refractivity contribution in [1.29, 1.82) is 0 Å². The van der Waals surface area contributed by atoms with Crippen LogP contribution in [0.15, 0.2) is 12.3 Å². The third-order valence-corrected chi connectivity index (χ3v) is 3.17. The van der Waals surface area contributed by atoms with E-state index >= 15 is 0 Å². The summed E-state index contributed by atoms with van der Waals surface area (Å²) in [6.45, 7) is 6.85. The van der Waals surface area contributed by atoms with Crippen molar-refractivity contribution >= 4 is 0 Å². The van der Waals surface area contributed by atoms with Gasteiger partial charge in [-0.1, -0.05) is 6.92 Å². The number of rotatable bonds is 5. The van der Waals surface area contributed by atoms with Crippen molar-refractivity contribution in [3.8, 4) is 0 Å². The maximum atomic E-state index is 5.49. The van der Waals surface area contributed by atoms with Gasteiger partial charge in [0.25, 0.3) is 0 Å². The Morgan fingerprint density at radius 1 is 1.59 bits per heavy atom. The molecule has 0 aromatic carbocycles. The van der Waals surface area contributed by atoms with E-state index in [1.165, 1.54) is 0 Å². The van der Waals surface area contributed by atoms with Crippen molar-refractivity contribution in [3.63, 3.8) is 0 Å². The highest BCUT2D eigenvalue weighted by Gasteiger charge is 2.27. The predicted octanol–water partition coefficient (Wildman–Crippen LogP) is 1.86. The Kier molecular flexibility index (Phi) is 4.45. The van der Waals surface area contributed by atoms with Gasteiger partial charge in [-0.25, -0.2) is 9.97 Å². The molecule has 4 heteroatoms. The fraction of sp³-hybridized carbons (Fsp3) is 0.692. The van der Waals surface area contributed by atoms with Crippen LogP contribution in [0, 0.1) is 12.8 Å². The molecule has 0 aliphatic carbocycles. The van der Waals surface area contributed by atoms with E-state index in [1.54, 1.807) is 0 Å². The first-order valence-corrected chi connectivity index (χ1v) is 6.42. The molecule has 0 spiro atoms. The van der Waals surface area contributed by atoms with Crippen LogP contribution in [0.25, 0.3) is 0 Å². The van der Waals surface area contributed by atoms with Gasteiger partial charge < -0.3 is 10.1 Å². The van der Waals surface area contributed by atoms with Crippen molar-refractivity contribution in [2.45, 2.75) is 32.7 Å². The molecular formula is C13H21N3O. The largest absolute Gasteiger partial charge is 0.381 e. The van der Waals surface area contributed by atoms with E-state index < -0.39 is 0 Å². The fourth-order valence-electron chi connectivity index (χ4n) is 2.28. The van der Waals surface area contributed by atoms with Crippen molar-refractivity contribution in [2.24, 2.45) is 5.92 Å². The molecule has 0 bridgehead atoms. The van der Waals surface area contributed by atoms with E-state index in [9.17, 15) is 0 Å². The highest BCUT2D eigenvalue weighted by molar-refractivity contribution is 5.09. The summed E-state index contributed by atoms with van der Waals surface area (Å²) in [6, 6.07) is 2.32. The van der Waals surface area contributed by atoms with Gasteiger partial charge in [-0.05, 0) is 32.4 Å². The summed E-state index contributed by atoms with van der Waals surface area (Å²) in [5.41, 5.74) is 1.10. The lowest BCUT2D eigenvalue weighted by Crippen LogP contribution is -2.30. The first-order chi connectivity index (χ1) is 8.31. The van der Waals surface area contributed by atoms with Gasteiger partial charge in [-0.15, -0.1) is 0 Å². The zero-order valence-corrected chi connectivity index (χ0v) is 10.6. The minimum absolute atomic E-state index is 0.305. The second kappa shape index (κ2) is 6.07. The summed E-state index contributed by atoms with van der Waals surface area (Å²) >= 11 is 0. The number of hydrogen-bond donors (Lipinski definition) is 1. The summed E-state index contributed by atoms with van der Waals surface area (Å²) in [5.74, 6) is 1.38. The molecule has 1 fully saturated rings. The predicted molar refractivity (Wildman–Crippen MR) is 66.7 cm³/mol. The van der Waals surface area contributed by atoms with Crippen LogP contribution in [0.1, 0.15) is 37.3 Å². The molecule has 94 valence electrons. The molecule has 1 aromatic heterocycles. The van der Waals surface area contributed by atoms with Crippen LogP contribution in [0.3, 0.4) is 0 Å². The van der Waals surface area contributed by atoms with Gasteiger partial charge in [0, 0.05) is 18.7 Å². The van der Waals surface area contributed by atoms with E-state index in [0.717, 1.165) is 44.1 Å². The Morgan fingerprint density at radius 3 is 3.12 bits per heavy atom. The number of nitrogens with zero attached hydrogens (tertiary/aromatic N) is 2. The zero-order chi connectivity index (χ0) is 12.1. The molecule has 4 nitrogen and oxygen atoms in total. The van der Waals surface area contributed by atoms with Crippen LogP contribution in [0.2, 0.25) is 0 Å². The van der Waals surface area contributed by atoms with Gasteiger partial charge in [0.2, 0.25) is 0 Å². The Hall–Kier alpha value is -1.00. The molecule has 2 heterocycles. The molecule has 1 N–H and O–H groups in total. The molecule has 1 aliphatic rings. The average Bonchev–Trinajstić information content (AvgIpc) is 2.83. The molecule has 0 saturated carbocycles. The molecule has 0 radical (unpaired) electrons. The number of nitrogens with one attached hydrogen (secondary N) is 1. The summed E-state index contributed by atoms with van der Waals surface area (Å²) in [5, 5.41) is 3.58. The van der Waals surface area contributed by atoms with Gasteiger partial charge >= 0.3 is 0 Å². The fourth-order valence-corrected chi connectivity index (χ4v) is 2.28. The number of ether oxygens (including phenoxy) is 1. The number of hydrogen-bond acceptors (Lipinski definition) is 4. The molecule has 1 saturated heterocycles. The smallest absolute Gasteiger partial charge is 0.125 e. The van der Waals surface area contributed by atoms with Gasteiger partial charge in [0.1, 0.15) is 5.82 Å². The zero-order valence-electron chi connectivity index (χ0n) is 10.6. The second-order valence-electron chi connectivity index (χ2n) is 4.58. The van der Waals surface area contributed by atoms with Crippen LogP contribution >= 0.6 is 0 Å². The molecule has 17 heavy (non-hydrogen) atoms. The van der Waals surface area contributed by atoms with E-state index in [-0.39, 0.29) is 0 Å². The molecule has 0 amide bonds. The Labute approximate surface area is 103 Å². The minimum Gasteiger partial charge on any atom is -0.381 e. The standard InChI is InChI=1S/C13H21N3O/c1-3-6-15-13(11-5-8-17-9-11)12-4-7-14-10(2)16-12/h4,7,11,13,15H,3,5-6,8-9H2,1-2H3. The highest BCUT2D eigenvalue weighted by Crippen LogP contribution is 2.27. The molecule has 2 unspecified atom stereocenters. The van der Waals surface area contributed by atoms with Crippen LogP contribution in [0.5, 0.6) is 0 Å². The summed E-state index contributed by atoms with van der Waals surface area (Å²) in [7, 11) is 0. The van der Waals surface area contributed by atoms with E-state index in [2.05, 4.69) is 22.2 Å². The topological polar surface area (TPSA) is 47.0 Å². The van der Waals surface area contributed by atoms with Gasteiger partial charge in [-0.2, -0.15) is 0 Å². The molecule has 2 rings (SSSR count). The number of aryl methyl sites for hydroxylation is 1. The molecule has 1 aromatic rings.